The molecule has 0 heterocycles. The quantitative estimate of drug-likeness (QED) is 0.0281. The summed E-state index contributed by atoms with van der Waals surface area (Å²) in [5, 5.41) is 2.44. The number of hydrogen-bond donors (Lipinski definition) is 1. The maximum absolute atomic E-state index is 13.9. The Bertz CT molecular complexity index is 1540. The van der Waals surface area contributed by atoms with Crippen LogP contribution in [0.4, 0.5) is 4.79 Å². The summed E-state index contributed by atoms with van der Waals surface area (Å²) in [6, 6.07) is 25.6. The van der Waals surface area contributed by atoms with Gasteiger partial charge in [-0.25, -0.2) is 14.2 Å². The van der Waals surface area contributed by atoms with Crippen molar-refractivity contribution in [2.75, 3.05) is 19.8 Å². The van der Waals surface area contributed by atoms with E-state index in [0.717, 1.165) is 30.4 Å². The van der Waals surface area contributed by atoms with Gasteiger partial charge in [0, 0.05) is 6.42 Å². The molecule has 11 nitrogen and oxygen atoms in total. The standard InChI is InChI=1S/C45H64NO10P/c1-2-3-4-5-6-7-8-9-10-11-12-13-14-15-25-32-43(47)51-33-34-54-57(50,55-37-41-30-23-18-24-31-41)56-38-42(44(48)52-35-39-26-19-16-20-27-39)46-45(49)53-36-40-28-21-17-22-29-40/h16-24,26-31,42H,2-15,25,32-38H2,1H3,(H,46,49)/t42-,57?/m0/s1. The number of phosphoric acid groups is 1. The first kappa shape index (κ1) is 47.4. The minimum atomic E-state index is -4.37. The van der Waals surface area contributed by atoms with E-state index < -0.39 is 32.5 Å². The molecule has 3 aromatic carbocycles. The molecular weight excluding hydrogens is 745 g/mol. The second kappa shape index (κ2) is 30.1. The van der Waals surface area contributed by atoms with E-state index in [1.54, 1.807) is 60.7 Å². The Labute approximate surface area is 340 Å². The summed E-state index contributed by atoms with van der Waals surface area (Å²) in [7, 11) is -4.37. The summed E-state index contributed by atoms with van der Waals surface area (Å²) in [4.78, 5) is 38.4. The lowest BCUT2D eigenvalue weighted by Gasteiger charge is -2.22. The van der Waals surface area contributed by atoms with Crippen LogP contribution in [0.25, 0.3) is 0 Å². The number of phosphoric ester groups is 1. The molecule has 0 spiro atoms. The molecule has 0 saturated carbocycles. The summed E-state index contributed by atoms with van der Waals surface area (Å²) in [5.74, 6) is -1.22. The first-order chi connectivity index (χ1) is 27.9. The minimum Gasteiger partial charge on any atom is -0.463 e. The zero-order valence-electron chi connectivity index (χ0n) is 33.8. The van der Waals surface area contributed by atoms with Gasteiger partial charge in [0.2, 0.25) is 0 Å². The molecule has 0 fully saturated rings. The monoisotopic (exact) mass is 809 g/mol. The smallest absolute Gasteiger partial charge is 0.463 e. The average Bonchev–Trinajstić information content (AvgIpc) is 3.24. The molecule has 314 valence electrons. The molecule has 57 heavy (non-hydrogen) atoms. The van der Waals surface area contributed by atoms with E-state index in [0.29, 0.717) is 5.56 Å². The van der Waals surface area contributed by atoms with Crippen molar-refractivity contribution in [2.45, 2.75) is 136 Å². The number of hydrogen-bond acceptors (Lipinski definition) is 10. The molecule has 3 rings (SSSR count). The van der Waals surface area contributed by atoms with Crippen LogP contribution < -0.4 is 5.32 Å². The van der Waals surface area contributed by atoms with Gasteiger partial charge in [-0.15, -0.1) is 0 Å². The highest BCUT2D eigenvalue weighted by Crippen LogP contribution is 2.50. The Kier molecular flexibility index (Phi) is 25.0. The molecule has 0 aliphatic heterocycles. The third-order valence-corrected chi connectivity index (χ3v) is 10.6. The number of ether oxygens (including phenoxy) is 3. The van der Waals surface area contributed by atoms with Crippen LogP contribution in [0.1, 0.15) is 126 Å². The zero-order valence-corrected chi connectivity index (χ0v) is 34.7. The number of unbranched alkanes of at least 4 members (excludes halogenated alkanes) is 14. The van der Waals surface area contributed by atoms with E-state index >= 15 is 0 Å². The van der Waals surface area contributed by atoms with Gasteiger partial charge < -0.3 is 19.5 Å². The number of benzene rings is 3. The lowest BCUT2D eigenvalue weighted by atomic mass is 10.0. The highest BCUT2D eigenvalue weighted by molar-refractivity contribution is 7.48. The highest BCUT2D eigenvalue weighted by Gasteiger charge is 2.32. The third kappa shape index (κ3) is 23.1. The molecule has 1 unspecified atom stereocenters. The second-order valence-electron chi connectivity index (χ2n) is 14.1. The second-order valence-corrected chi connectivity index (χ2v) is 15.8. The van der Waals surface area contributed by atoms with Gasteiger partial charge in [0.15, 0.2) is 6.04 Å². The fourth-order valence-corrected chi connectivity index (χ4v) is 7.09. The van der Waals surface area contributed by atoms with E-state index in [9.17, 15) is 18.9 Å². The first-order valence-corrected chi connectivity index (χ1v) is 22.2. The summed E-state index contributed by atoms with van der Waals surface area (Å²) in [6.07, 6.45) is 18.0. The molecule has 1 N–H and O–H groups in total. The number of carbonyl (C=O) groups excluding carboxylic acids is 3. The number of amides is 1. The van der Waals surface area contributed by atoms with Crippen LogP contribution in [0.2, 0.25) is 0 Å². The number of esters is 2. The van der Waals surface area contributed by atoms with Crippen LogP contribution in [0, 0.1) is 0 Å². The SMILES string of the molecule is CCCCCCCCCCCCCCCCCC(=O)OCCOP(=O)(OCc1ccccc1)OC[C@H](NC(=O)OCc1ccccc1)C(=O)OCc1ccccc1. The van der Waals surface area contributed by atoms with Gasteiger partial charge in [-0.2, -0.15) is 0 Å². The lowest BCUT2D eigenvalue weighted by Crippen LogP contribution is -2.45. The minimum absolute atomic E-state index is 0.0424. The van der Waals surface area contributed by atoms with E-state index in [4.69, 9.17) is 27.8 Å². The molecule has 3 aromatic rings. The van der Waals surface area contributed by atoms with Gasteiger partial charge in [-0.3, -0.25) is 18.4 Å². The van der Waals surface area contributed by atoms with Gasteiger partial charge in [0.05, 0.1) is 19.8 Å². The zero-order chi connectivity index (χ0) is 40.7. The van der Waals surface area contributed by atoms with Crippen LogP contribution in [0.15, 0.2) is 91.0 Å². The highest BCUT2D eigenvalue weighted by atomic mass is 31.2. The van der Waals surface area contributed by atoms with Gasteiger partial charge in [-0.05, 0) is 23.1 Å². The van der Waals surface area contributed by atoms with Gasteiger partial charge in [0.25, 0.3) is 0 Å². The fraction of sp³-hybridized carbons (Fsp3) is 0.533. The molecular formula is C45H64NO10P. The maximum atomic E-state index is 13.9. The third-order valence-electron chi connectivity index (χ3n) is 9.22. The van der Waals surface area contributed by atoms with Crippen molar-refractivity contribution in [3.63, 3.8) is 0 Å². The summed E-state index contributed by atoms with van der Waals surface area (Å²) >= 11 is 0. The van der Waals surface area contributed by atoms with E-state index in [1.807, 2.05) is 30.3 Å². The van der Waals surface area contributed by atoms with E-state index in [-0.39, 0.29) is 45.4 Å². The van der Waals surface area contributed by atoms with Crippen LogP contribution >= 0.6 is 7.82 Å². The lowest BCUT2D eigenvalue weighted by molar-refractivity contribution is -0.148. The van der Waals surface area contributed by atoms with Crippen LogP contribution in [0.5, 0.6) is 0 Å². The van der Waals surface area contributed by atoms with Crippen molar-refractivity contribution >= 4 is 25.9 Å². The summed E-state index contributed by atoms with van der Waals surface area (Å²) in [5.41, 5.74) is 2.17. The number of carbonyl (C=O) groups is 3. The van der Waals surface area contributed by atoms with Crippen LogP contribution in [0.3, 0.4) is 0 Å². The van der Waals surface area contributed by atoms with Gasteiger partial charge >= 0.3 is 25.9 Å². The van der Waals surface area contributed by atoms with Crippen molar-refractivity contribution in [1.29, 1.82) is 0 Å². The predicted molar refractivity (Wildman–Crippen MR) is 221 cm³/mol. The Hall–Kier alpha value is -4.02. The van der Waals surface area contributed by atoms with Crippen molar-refractivity contribution in [3.8, 4) is 0 Å². The molecule has 0 aromatic heterocycles. The predicted octanol–water partition coefficient (Wildman–Crippen LogP) is 11.2. The van der Waals surface area contributed by atoms with Crippen molar-refractivity contribution in [1.82, 2.24) is 5.32 Å². The van der Waals surface area contributed by atoms with Crippen LogP contribution in [-0.2, 0) is 61.8 Å². The Balaban J connectivity index is 1.42. The Morgan fingerprint density at radius 1 is 0.526 bits per heavy atom. The average molecular weight is 810 g/mol. The first-order valence-electron chi connectivity index (χ1n) is 20.8. The Morgan fingerprint density at radius 2 is 0.982 bits per heavy atom. The molecule has 0 bridgehead atoms. The van der Waals surface area contributed by atoms with Crippen molar-refractivity contribution < 1.29 is 46.7 Å². The summed E-state index contributed by atoms with van der Waals surface area (Å²) < 4.78 is 46.7. The maximum Gasteiger partial charge on any atom is 0.475 e. The molecule has 0 saturated heterocycles. The molecule has 2 atom stereocenters. The summed E-state index contributed by atoms with van der Waals surface area (Å²) in [6.45, 7) is 0.924. The van der Waals surface area contributed by atoms with Crippen molar-refractivity contribution in [3.05, 3.63) is 108 Å². The molecule has 1 amide bonds. The number of alkyl carbamates (subject to hydrolysis) is 1. The molecule has 0 aliphatic carbocycles. The molecule has 12 heteroatoms. The number of rotatable bonds is 32. The normalized spacial score (nSPS) is 12.6. The topological polar surface area (TPSA) is 136 Å². The van der Waals surface area contributed by atoms with E-state index in [2.05, 4.69) is 12.2 Å². The van der Waals surface area contributed by atoms with Gasteiger partial charge in [-0.1, -0.05) is 188 Å². The largest absolute Gasteiger partial charge is 0.475 e. The Morgan fingerprint density at radius 3 is 1.49 bits per heavy atom. The van der Waals surface area contributed by atoms with E-state index in [1.165, 1.54) is 77.0 Å². The van der Waals surface area contributed by atoms with Crippen LogP contribution in [-0.4, -0.2) is 43.9 Å². The molecule has 0 radical (unpaired) electrons. The van der Waals surface area contributed by atoms with Gasteiger partial charge in [0.1, 0.15) is 19.8 Å². The number of nitrogens with one attached hydrogen (secondary N) is 1. The van der Waals surface area contributed by atoms with Crippen molar-refractivity contribution in [2.24, 2.45) is 0 Å². The molecule has 0 aliphatic rings. The fourth-order valence-electron chi connectivity index (χ4n) is 5.93.